The van der Waals surface area contributed by atoms with Crippen LogP contribution in [0.2, 0.25) is 0 Å². The number of aliphatic hydroxyl groups excluding tert-OH is 1. The quantitative estimate of drug-likeness (QED) is 0.722. The predicted octanol–water partition coefficient (Wildman–Crippen LogP) is 0.314. The molecule has 84 valence electrons. The van der Waals surface area contributed by atoms with Crippen molar-refractivity contribution in [3.8, 4) is 0 Å². The van der Waals surface area contributed by atoms with Crippen LogP contribution in [-0.2, 0) is 0 Å². The molecule has 0 saturated carbocycles. The minimum absolute atomic E-state index is 0.262. The van der Waals surface area contributed by atoms with E-state index in [2.05, 4.69) is 24.8 Å². The first-order valence-electron chi connectivity index (χ1n) is 5.41. The lowest BCUT2D eigenvalue weighted by atomic mass is 10.1. The zero-order chi connectivity index (χ0) is 11.0. The lowest BCUT2D eigenvalue weighted by Crippen LogP contribution is -2.38. The predicted molar refractivity (Wildman–Crippen MR) is 59.1 cm³/mol. The Kier molecular flexibility index (Phi) is 2.21. The first-order chi connectivity index (χ1) is 7.84. The largest absolute Gasteiger partial charge is 0.391 e. The van der Waals surface area contributed by atoms with Gasteiger partial charge in [0.05, 0.1) is 12.4 Å². The van der Waals surface area contributed by atoms with E-state index in [-0.39, 0.29) is 6.10 Å². The molecule has 0 unspecified atom stereocenters. The van der Waals surface area contributed by atoms with E-state index < -0.39 is 0 Å². The molecule has 3 heterocycles. The van der Waals surface area contributed by atoms with E-state index in [4.69, 9.17) is 0 Å². The lowest BCUT2D eigenvalue weighted by molar-refractivity contribution is 0.154. The lowest BCUT2D eigenvalue weighted by Gasteiger charge is -2.30. The number of hydrogen-bond donors (Lipinski definition) is 2. The van der Waals surface area contributed by atoms with E-state index >= 15 is 0 Å². The molecule has 2 N–H and O–H groups in total. The van der Waals surface area contributed by atoms with Gasteiger partial charge >= 0.3 is 0 Å². The Hall–Kier alpha value is -1.69. The number of β-amino-alcohol motifs (C(OH)–C–C–N with tert-alkyl or cyclic N) is 1. The van der Waals surface area contributed by atoms with Crippen molar-refractivity contribution in [3.63, 3.8) is 0 Å². The van der Waals surface area contributed by atoms with Gasteiger partial charge < -0.3 is 15.0 Å². The zero-order valence-corrected chi connectivity index (χ0v) is 8.80. The average Bonchev–Trinajstić information content (AvgIpc) is 2.76. The monoisotopic (exact) mass is 219 g/mol. The van der Waals surface area contributed by atoms with Gasteiger partial charge in [0.25, 0.3) is 0 Å². The topological polar surface area (TPSA) is 77.9 Å². The van der Waals surface area contributed by atoms with E-state index in [0.29, 0.717) is 12.2 Å². The number of piperidine rings is 1. The fraction of sp³-hybridized carbons (Fsp3) is 0.500. The Bertz CT molecular complexity index is 497. The Balaban J connectivity index is 2.01. The highest BCUT2D eigenvalue weighted by Gasteiger charge is 2.21. The Morgan fingerprint density at radius 3 is 3.19 bits per heavy atom. The highest BCUT2D eigenvalue weighted by Crippen LogP contribution is 2.22. The molecule has 1 fully saturated rings. The van der Waals surface area contributed by atoms with Gasteiger partial charge in [0.15, 0.2) is 11.5 Å². The molecule has 6 nitrogen and oxygen atoms in total. The number of anilines is 1. The number of aliphatic hydroxyl groups is 1. The number of fused-ring (bicyclic) bond motifs is 1. The van der Waals surface area contributed by atoms with Gasteiger partial charge in [-0.2, -0.15) is 0 Å². The molecule has 0 bridgehead atoms. The first-order valence-corrected chi connectivity index (χ1v) is 5.41. The SMILES string of the molecule is O[C@@H]1CCCN(c2ncnc3nc[nH]c23)C1. The average molecular weight is 219 g/mol. The van der Waals surface area contributed by atoms with E-state index in [1.807, 2.05) is 0 Å². The summed E-state index contributed by atoms with van der Waals surface area (Å²) >= 11 is 0. The fourth-order valence-electron chi connectivity index (χ4n) is 2.14. The van der Waals surface area contributed by atoms with Crippen LogP contribution >= 0.6 is 0 Å². The Morgan fingerprint density at radius 1 is 1.38 bits per heavy atom. The number of aromatic amines is 1. The molecule has 2 aromatic heterocycles. The van der Waals surface area contributed by atoms with Gasteiger partial charge in [-0.05, 0) is 12.8 Å². The number of nitrogens with zero attached hydrogens (tertiary/aromatic N) is 4. The van der Waals surface area contributed by atoms with Crippen molar-refractivity contribution in [1.29, 1.82) is 0 Å². The van der Waals surface area contributed by atoms with Crippen LogP contribution in [0, 0.1) is 0 Å². The van der Waals surface area contributed by atoms with Gasteiger partial charge in [0.1, 0.15) is 11.8 Å². The van der Waals surface area contributed by atoms with Crippen molar-refractivity contribution in [2.75, 3.05) is 18.0 Å². The van der Waals surface area contributed by atoms with Crippen molar-refractivity contribution < 1.29 is 5.11 Å². The molecule has 2 aromatic rings. The van der Waals surface area contributed by atoms with Crippen LogP contribution < -0.4 is 4.90 Å². The summed E-state index contributed by atoms with van der Waals surface area (Å²) in [4.78, 5) is 17.6. The van der Waals surface area contributed by atoms with Crippen LogP contribution in [0.5, 0.6) is 0 Å². The maximum absolute atomic E-state index is 9.65. The number of H-pyrrole nitrogens is 1. The normalized spacial score (nSPS) is 21.6. The summed E-state index contributed by atoms with van der Waals surface area (Å²) in [6, 6.07) is 0. The summed E-state index contributed by atoms with van der Waals surface area (Å²) in [5, 5.41) is 9.65. The van der Waals surface area contributed by atoms with Gasteiger partial charge in [-0.3, -0.25) is 0 Å². The van der Waals surface area contributed by atoms with E-state index in [9.17, 15) is 5.11 Å². The Morgan fingerprint density at radius 2 is 2.31 bits per heavy atom. The third kappa shape index (κ3) is 1.51. The molecular formula is C10H13N5O. The van der Waals surface area contributed by atoms with Crippen molar-refractivity contribution >= 4 is 17.0 Å². The van der Waals surface area contributed by atoms with Crippen molar-refractivity contribution in [2.45, 2.75) is 18.9 Å². The van der Waals surface area contributed by atoms with Gasteiger partial charge in [-0.1, -0.05) is 0 Å². The van der Waals surface area contributed by atoms with Crippen molar-refractivity contribution in [1.82, 2.24) is 19.9 Å². The van der Waals surface area contributed by atoms with Crippen LogP contribution in [0.25, 0.3) is 11.2 Å². The van der Waals surface area contributed by atoms with Crippen LogP contribution in [0.15, 0.2) is 12.7 Å². The number of aromatic nitrogens is 4. The maximum atomic E-state index is 9.65. The molecule has 0 aromatic carbocycles. The van der Waals surface area contributed by atoms with Gasteiger partial charge in [-0.25, -0.2) is 15.0 Å². The number of hydrogen-bond acceptors (Lipinski definition) is 5. The minimum atomic E-state index is -0.262. The molecule has 1 atom stereocenters. The van der Waals surface area contributed by atoms with E-state index in [0.717, 1.165) is 30.7 Å². The van der Waals surface area contributed by atoms with E-state index in [1.165, 1.54) is 6.33 Å². The van der Waals surface area contributed by atoms with Crippen molar-refractivity contribution in [3.05, 3.63) is 12.7 Å². The molecule has 0 spiro atoms. The molecule has 3 rings (SSSR count). The minimum Gasteiger partial charge on any atom is -0.391 e. The molecule has 1 aliphatic rings. The first kappa shape index (κ1) is 9.53. The summed E-state index contributed by atoms with van der Waals surface area (Å²) in [6.45, 7) is 1.55. The Labute approximate surface area is 92.4 Å². The highest BCUT2D eigenvalue weighted by atomic mass is 16.3. The molecule has 16 heavy (non-hydrogen) atoms. The second-order valence-corrected chi connectivity index (χ2v) is 4.04. The molecule has 1 aliphatic heterocycles. The summed E-state index contributed by atoms with van der Waals surface area (Å²) in [7, 11) is 0. The smallest absolute Gasteiger partial charge is 0.182 e. The van der Waals surface area contributed by atoms with Crippen LogP contribution in [-0.4, -0.2) is 44.2 Å². The van der Waals surface area contributed by atoms with E-state index in [1.54, 1.807) is 6.33 Å². The van der Waals surface area contributed by atoms with Crippen LogP contribution in [0.1, 0.15) is 12.8 Å². The third-order valence-corrected chi connectivity index (χ3v) is 2.90. The summed E-state index contributed by atoms with van der Waals surface area (Å²) in [5.74, 6) is 0.834. The molecule has 0 radical (unpaired) electrons. The summed E-state index contributed by atoms with van der Waals surface area (Å²) < 4.78 is 0. The third-order valence-electron chi connectivity index (χ3n) is 2.90. The fourth-order valence-corrected chi connectivity index (χ4v) is 2.14. The van der Waals surface area contributed by atoms with Gasteiger partial charge in [0.2, 0.25) is 0 Å². The zero-order valence-electron chi connectivity index (χ0n) is 8.80. The van der Waals surface area contributed by atoms with Crippen LogP contribution in [0.3, 0.4) is 0 Å². The molecular weight excluding hydrogens is 206 g/mol. The highest BCUT2D eigenvalue weighted by molar-refractivity contribution is 5.82. The second kappa shape index (κ2) is 3.71. The number of nitrogens with one attached hydrogen (secondary N) is 1. The molecule has 0 amide bonds. The van der Waals surface area contributed by atoms with Crippen molar-refractivity contribution in [2.24, 2.45) is 0 Å². The maximum Gasteiger partial charge on any atom is 0.182 e. The van der Waals surface area contributed by atoms with Crippen LogP contribution in [0.4, 0.5) is 5.82 Å². The molecule has 1 saturated heterocycles. The molecule has 6 heteroatoms. The van der Waals surface area contributed by atoms with Gasteiger partial charge in [0, 0.05) is 13.1 Å². The van der Waals surface area contributed by atoms with Gasteiger partial charge in [-0.15, -0.1) is 0 Å². The second-order valence-electron chi connectivity index (χ2n) is 4.04. The number of imidazole rings is 1. The number of rotatable bonds is 1. The molecule has 0 aliphatic carbocycles. The summed E-state index contributed by atoms with van der Waals surface area (Å²) in [5.41, 5.74) is 1.52. The summed E-state index contributed by atoms with van der Waals surface area (Å²) in [6.07, 6.45) is 4.72. The standard InChI is InChI=1S/C10H13N5O/c16-7-2-1-3-15(4-7)10-8-9(12-5-11-8)13-6-14-10/h5-7,16H,1-4H2,(H,11,12,13,14)/t7-/m1/s1.